The first-order chi connectivity index (χ1) is 16.2. The van der Waals surface area contributed by atoms with Crippen molar-refractivity contribution in [2.24, 2.45) is 0 Å². The van der Waals surface area contributed by atoms with Crippen LogP contribution in [0.4, 0.5) is 16.4 Å². The summed E-state index contributed by atoms with van der Waals surface area (Å²) in [5.41, 5.74) is 1.14. The molecule has 0 atom stereocenters. The third kappa shape index (κ3) is 5.69. The summed E-state index contributed by atoms with van der Waals surface area (Å²) in [5.74, 6) is -2.08. The summed E-state index contributed by atoms with van der Waals surface area (Å²) in [6, 6.07) is 3.94. The van der Waals surface area contributed by atoms with E-state index in [0.717, 1.165) is 10.9 Å². The average molecular weight is 492 g/mol. The molecule has 2 heterocycles. The molecule has 182 valence electrons. The molecule has 1 amide bonds. The van der Waals surface area contributed by atoms with Gasteiger partial charge in [-0.25, -0.2) is 9.59 Å². The maximum atomic E-state index is 12.8. The van der Waals surface area contributed by atoms with Gasteiger partial charge in [0, 0.05) is 30.1 Å². The Hall–Kier alpha value is -3.51. The number of ether oxygens (including phenoxy) is 3. The summed E-state index contributed by atoms with van der Waals surface area (Å²) >= 11 is 1.21. The topological polar surface area (TPSA) is 137 Å². The van der Waals surface area contributed by atoms with Gasteiger partial charge in [0.2, 0.25) is 0 Å². The van der Waals surface area contributed by atoms with Gasteiger partial charge in [-0.3, -0.25) is 14.9 Å². The van der Waals surface area contributed by atoms with Gasteiger partial charge in [0.05, 0.1) is 41.6 Å². The molecule has 0 spiro atoms. The number of morpholine rings is 1. The number of thiophene rings is 1. The minimum atomic E-state index is -0.871. The van der Waals surface area contributed by atoms with Crippen molar-refractivity contribution in [3.63, 3.8) is 0 Å². The highest BCUT2D eigenvalue weighted by Crippen LogP contribution is 2.33. The SMILES string of the molecule is CCOC(=O)c1c(NC(=O)COC(=O)c2cc([N+](=O)[O-])ccc2N2CCOCC2)sc(C)c1C. The van der Waals surface area contributed by atoms with E-state index in [4.69, 9.17) is 14.2 Å². The first-order valence-electron chi connectivity index (χ1n) is 10.6. The Bertz CT molecular complexity index is 1110. The van der Waals surface area contributed by atoms with Gasteiger partial charge >= 0.3 is 11.9 Å². The molecule has 1 aromatic heterocycles. The van der Waals surface area contributed by atoms with Crippen molar-refractivity contribution in [2.45, 2.75) is 20.8 Å². The number of nitrogens with one attached hydrogen (secondary N) is 1. The van der Waals surface area contributed by atoms with Crippen molar-refractivity contribution in [1.29, 1.82) is 0 Å². The van der Waals surface area contributed by atoms with Crippen molar-refractivity contribution in [1.82, 2.24) is 0 Å². The van der Waals surface area contributed by atoms with E-state index in [1.165, 1.54) is 23.5 Å². The number of nitro benzene ring substituents is 1. The van der Waals surface area contributed by atoms with Gasteiger partial charge in [-0.15, -0.1) is 11.3 Å². The predicted molar refractivity (Wildman–Crippen MR) is 125 cm³/mol. The summed E-state index contributed by atoms with van der Waals surface area (Å²) in [5, 5.41) is 14.1. The van der Waals surface area contributed by atoms with Crippen LogP contribution in [0.2, 0.25) is 0 Å². The monoisotopic (exact) mass is 491 g/mol. The van der Waals surface area contributed by atoms with Gasteiger partial charge in [-0.1, -0.05) is 0 Å². The number of aryl methyl sites for hydroxylation is 1. The zero-order chi connectivity index (χ0) is 24.8. The first kappa shape index (κ1) is 25.1. The van der Waals surface area contributed by atoms with Gasteiger partial charge in [-0.05, 0) is 32.4 Å². The molecule has 1 aromatic carbocycles. The molecule has 0 bridgehead atoms. The quantitative estimate of drug-likeness (QED) is 0.335. The van der Waals surface area contributed by atoms with Crippen LogP contribution in [0.15, 0.2) is 18.2 Å². The van der Waals surface area contributed by atoms with Crippen LogP contribution in [0.1, 0.15) is 38.1 Å². The molecule has 1 N–H and O–H groups in total. The van der Waals surface area contributed by atoms with Gasteiger partial charge in [0.1, 0.15) is 5.00 Å². The standard InChI is InChI=1S/C22H25N3O8S/c1-4-32-22(28)19-13(2)14(3)34-20(19)23-18(26)12-33-21(27)16-11-15(25(29)30)5-6-17(16)24-7-9-31-10-8-24/h5-6,11H,4,7-10,12H2,1-3H3,(H,23,26). The van der Waals surface area contributed by atoms with Crippen molar-refractivity contribution in [3.05, 3.63) is 49.9 Å². The number of anilines is 2. The maximum Gasteiger partial charge on any atom is 0.341 e. The lowest BCUT2D eigenvalue weighted by Gasteiger charge is -2.30. The second-order valence-corrected chi connectivity index (χ2v) is 8.61. The fourth-order valence-corrected chi connectivity index (χ4v) is 4.48. The summed E-state index contributed by atoms with van der Waals surface area (Å²) in [7, 11) is 0. The molecule has 11 nitrogen and oxygen atoms in total. The largest absolute Gasteiger partial charge is 0.462 e. The number of nitrogens with zero attached hydrogens (tertiary/aromatic N) is 2. The van der Waals surface area contributed by atoms with Crippen LogP contribution in [-0.4, -0.2) is 62.3 Å². The van der Waals surface area contributed by atoms with Crippen LogP contribution < -0.4 is 10.2 Å². The van der Waals surface area contributed by atoms with E-state index >= 15 is 0 Å². The number of non-ortho nitro benzene ring substituents is 1. The van der Waals surface area contributed by atoms with Gasteiger partial charge in [0.25, 0.3) is 11.6 Å². The van der Waals surface area contributed by atoms with Gasteiger partial charge in [-0.2, -0.15) is 0 Å². The zero-order valence-corrected chi connectivity index (χ0v) is 19.9. The van der Waals surface area contributed by atoms with E-state index in [9.17, 15) is 24.5 Å². The Labute approximate surface area is 199 Å². The van der Waals surface area contributed by atoms with E-state index in [1.54, 1.807) is 13.8 Å². The lowest BCUT2D eigenvalue weighted by molar-refractivity contribution is -0.384. The van der Waals surface area contributed by atoms with Crippen LogP contribution in [-0.2, 0) is 19.0 Å². The number of amides is 1. The van der Waals surface area contributed by atoms with Gasteiger partial charge < -0.3 is 24.4 Å². The molecule has 0 radical (unpaired) electrons. The molecule has 0 unspecified atom stereocenters. The van der Waals surface area contributed by atoms with E-state index in [2.05, 4.69) is 5.32 Å². The zero-order valence-electron chi connectivity index (χ0n) is 19.0. The van der Waals surface area contributed by atoms with Crippen LogP contribution >= 0.6 is 11.3 Å². The van der Waals surface area contributed by atoms with Crippen molar-refractivity contribution in [3.8, 4) is 0 Å². The minimum absolute atomic E-state index is 0.0149. The molecule has 3 rings (SSSR count). The molecular formula is C22H25N3O8S. The Balaban J connectivity index is 1.74. The summed E-state index contributed by atoms with van der Waals surface area (Å²) < 4.78 is 15.6. The normalized spacial score (nSPS) is 13.3. The summed E-state index contributed by atoms with van der Waals surface area (Å²) in [6.07, 6.45) is 0. The Kier molecular flexibility index (Phi) is 8.18. The van der Waals surface area contributed by atoms with Crippen LogP contribution in [0.25, 0.3) is 0 Å². The van der Waals surface area contributed by atoms with Crippen LogP contribution in [0.5, 0.6) is 0 Å². The van der Waals surface area contributed by atoms with Crippen molar-refractivity contribution >= 4 is 45.6 Å². The molecule has 1 fully saturated rings. The van der Waals surface area contributed by atoms with E-state index in [0.29, 0.717) is 42.6 Å². The molecule has 34 heavy (non-hydrogen) atoms. The molecule has 2 aromatic rings. The predicted octanol–water partition coefficient (Wildman–Crippen LogP) is 3.08. The number of rotatable bonds is 8. The smallest absolute Gasteiger partial charge is 0.341 e. The average Bonchev–Trinajstić information content (AvgIpc) is 3.10. The lowest BCUT2D eigenvalue weighted by atomic mass is 10.1. The number of esters is 2. The third-order valence-electron chi connectivity index (χ3n) is 5.21. The highest BCUT2D eigenvalue weighted by atomic mass is 32.1. The Morgan fingerprint density at radius 1 is 1.18 bits per heavy atom. The Morgan fingerprint density at radius 3 is 2.53 bits per heavy atom. The number of nitro groups is 1. The van der Waals surface area contributed by atoms with E-state index in [1.807, 2.05) is 11.8 Å². The number of benzene rings is 1. The fraction of sp³-hybridized carbons (Fsp3) is 0.409. The minimum Gasteiger partial charge on any atom is -0.462 e. The van der Waals surface area contributed by atoms with Crippen molar-refractivity contribution in [2.75, 3.05) is 49.7 Å². The fourth-order valence-electron chi connectivity index (χ4n) is 3.42. The molecule has 1 aliphatic heterocycles. The van der Waals surface area contributed by atoms with Crippen molar-refractivity contribution < 1.29 is 33.5 Å². The summed E-state index contributed by atoms with van der Waals surface area (Å²) in [6.45, 7) is 6.72. The second kappa shape index (κ2) is 11.1. The highest BCUT2D eigenvalue weighted by molar-refractivity contribution is 7.16. The molecular weight excluding hydrogens is 466 g/mol. The Morgan fingerprint density at radius 2 is 1.88 bits per heavy atom. The van der Waals surface area contributed by atoms with E-state index < -0.39 is 29.4 Å². The third-order valence-corrected chi connectivity index (χ3v) is 6.34. The number of carbonyl (C=O) groups excluding carboxylic acids is 3. The molecule has 1 saturated heterocycles. The first-order valence-corrected chi connectivity index (χ1v) is 11.4. The van der Waals surface area contributed by atoms with Crippen LogP contribution in [0, 0.1) is 24.0 Å². The highest BCUT2D eigenvalue weighted by Gasteiger charge is 2.25. The summed E-state index contributed by atoms with van der Waals surface area (Å²) in [4.78, 5) is 50.9. The maximum absolute atomic E-state index is 12.8. The number of carbonyl (C=O) groups is 3. The van der Waals surface area contributed by atoms with E-state index in [-0.39, 0.29) is 23.4 Å². The molecule has 12 heteroatoms. The number of hydrogen-bond acceptors (Lipinski definition) is 10. The lowest BCUT2D eigenvalue weighted by Crippen LogP contribution is -2.37. The molecule has 0 aliphatic carbocycles. The number of hydrogen-bond donors (Lipinski definition) is 1. The molecule has 0 saturated carbocycles. The molecule has 1 aliphatic rings. The van der Waals surface area contributed by atoms with Crippen LogP contribution in [0.3, 0.4) is 0 Å². The van der Waals surface area contributed by atoms with Gasteiger partial charge in [0.15, 0.2) is 6.61 Å². The second-order valence-electron chi connectivity index (χ2n) is 7.39.